The van der Waals surface area contributed by atoms with Crippen LogP contribution in [0.4, 0.5) is 0 Å². The van der Waals surface area contributed by atoms with Crippen LogP contribution in [0.1, 0.15) is 53.1 Å². The van der Waals surface area contributed by atoms with Crippen molar-refractivity contribution in [3.63, 3.8) is 0 Å². The molecule has 2 aliphatic rings. The van der Waals surface area contributed by atoms with E-state index in [-0.39, 0.29) is 23.5 Å². The highest BCUT2D eigenvalue weighted by molar-refractivity contribution is 7.91. The van der Waals surface area contributed by atoms with Crippen molar-refractivity contribution in [1.82, 2.24) is 20.1 Å². The number of rotatable bonds is 5. The van der Waals surface area contributed by atoms with Crippen LogP contribution in [0.15, 0.2) is 30.5 Å². The van der Waals surface area contributed by atoms with E-state index in [0.717, 1.165) is 24.2 Å². The van der Waals surface area contributed by atoms with Gasteiger partial charge in [-0.15, -0.1) is 0 Å². The lowest BCUT2D eigenvalue weighted by atomic mass is 10.2. The highest BCUT2D eigenvalue weighted by Crippen LogP contribution is 2.42. The van der Waals surface area contributed by atoms with Gasteiger partial charge in [-0.1, -0.05) is 6.07 Å². The summed E-state index contributed by atoms with van der Waals surface area (Å²) in [6, 6.07) is 7.20. The maximum Gasteiger partial charge on any atom is 0.272 e. The van der Waals surface area contributed by atoms with E-state index in [0.29, 0.717) is 24.6 Å². The third-order valence-electron chi connectivity index (χ3n) is 4.70. The Morgan fingerprint density at radius 1 is 1.28 bits per heavy atom. The molecule has 2 aromatic rings. The van der Waals surface area contributed by atoms with Crippen molar-refractivity contribution in [2.24, 2.45) is 0 Å². The van der Waals surface area contributed by atoms with Gasteiger partial charge in [0.25, 0.3) is 5.91 Å². The molecule has 1 unspecified atom stereocenters. The fraction of sp³-hybridized carbons (Fsp3) is 0.471. The first-order chi connectivity index (χ1) is 12.0. The van der Waals surface area contributed by atoms with Crippen molar-refractivity contribution in [2.75, 3.05) is 11.5 Å². The molecule has 2 aromatic heterocycles. The van der Waals surface area contributed by atoms with E-state index in [4.69, 9.17) is 0 Å². The fourth-order valence-corrected chi connectivity index (χ4v) is 4.92. The van der Waals surface area contributed by atoms with Gasteiger partial charge in [0, 0.05) is 17.8 Å². The van der Waals surface area contributed by atoms with Crippen LogP contribution in [0.5, 0.6) is 0 Å². The SMILES string of the molecule is O=C(NCc1ccccn1)c1cc(C2CC2)n(C2CCS(=O)(=O)C2)n1. The Kier molecular flexibility index (Phi) is 4.07. The molecule has 7 nitrogen and oxygen atoms in total. The standard InChI is InChI=1S/C17H20N4O3S/c22-17(19-10-13-3-1-2-7-18-13)15-9-16(12-4-5-12)21(20-15)14-6-8-25(23,24)11-14/h1-3,7,9,12,14H,4-6,8,10-11H2,(H,19,22). The summed E-state index contributed by atoms with van der Waals surface area (Å²) in [6.45, 7) is 0.336. The zero-order chi connectivity index (χ0) is 17.4. The molecule has 132 valence electrons. The second-order valence-electron chi connectivity index (χ2n) is 6.73. The lowest BCUT2D eigenvalue weighted by Crippen LogP contribution is -2.24. The zero-order valence-corrected chi connectivity index (χ0v) is 14.6. The van der Waals surface area contributed by atoms with E-state index in [1.807, 2.05) is 24.3 Å². The molecule has 0 bridgehead atoms. The monoisotopic (exact) mass is 360 g/mol. The first-order valence-corrected chi connectivity index (χ1v) is 10.3. The normalized spacial score (nSPS) is 22.0. The quantitative estimate of drug-likeness (QED) is 0.871. The van der Waals surface area contributed by atoms with Crippen molar-refractivity contribution in [3.8, 4) is 0 Å². The minimum atomic E-state index is -2.99. The largest absolute Gasteiger partial charge is 0.345 e. The van der Waals surface area contributed by atoms with Crippen LogP contribution in [0.3, 0.4) is 0 Å². The maximum absolute atomic E-state index is 12.4. The summed E-state index contributed by atoms with van der Waals surface area (Å²) in [6.07, 6.45) is 4.39. The number of nitrogens with one attached hydrogen (secondary N) is 1. The van der Waals surface area contributed by atoms with Crippen LogP contribution in [0, 0.1) is 0 Å². The molecule has 1 atom stereocenters. The van der Waals surface area contributed by atoms with E-state index >= 15 is 0 Å². The zero-order valence-electron chi connectivity index (χ0n) is 13.8. The van der Waals surface area contributed by atoms with Gasteiger partial charge in [-0.05, 0) is 37.5 Å². The molecule has 25 heavy (non-hydrogen) atoms. The Bertz CT molecular complexity index is 888. The Balaban J connectivity index is 1.52. The lowest BCUT2D eigenvalue weighted by Gasteiger charge is -2.12. The third-order valence-corrected chi connectivity index (χ3v) is 6.45. The van der Waals surface area contributed by atoms with Crippen molar-refractivity contribution in [1.29, 1.82) is 0 Å². The van der Waals surface area contributed by atoms with E-state index in [9.17, 15) is 13.2 Å². The molecule has 1 saturated carbocycles. The summed E-state index contributed by atoms with van der Waals surface area (Å²) >= 11 is 0. The smallest absolute Gasteiger partial charge is 0.272 e. The van der Waals surface area contributed by atoms with Gasteiger partial charge in [0.05, 0.1) is 29.8 Å². The minimum Gasteiger partial charge on any atom is -0.345 e. The topological polar surface area (TPSA) is 94.0 Å². The van der Waals surface area contributed by atoms with Crippen molar-refractivity contribution >= 4 is 15.7 Å². The number of amides is 1. The Hall–Kier alpha value is -2.22. The van der Waals surface area contributed by atoms with Gasteiger partial charge in [0.2, 0.25) is 0 Å². The van der Waals surface area contributed by atoms with E-state index in [1.54, 1.807) is 10.9 Å². The molecule has 1 aliphatic heterocycles. The van der Waals surface area contributed by atoms with Crippen LogP contribution >= 0.6 is 0 Å². The average molecular weight is 360 g/mol. The van der Waals surface area contributed by atoms with Crippen molar-refractivity contribution in [2.45, 2.75) is 37.8 Å². The molecule has 0 aromatic carbocycles. The number of carbonyl (C=O) groups excluding carboxylic acids is 1. The molecule has 0 radical (unpaired) electrons. The molecule has 3 heterocycles. The van der Waals surface area contributed by atoms with Gasteiger partial charge in [-0.25, -0.2) is 8.42 Å². The summed E-state index contributed by atoms with van der Waals surface area (Å²) in [5.41, 5.74) is 2.12. The number of carbonyl (C=O) groups is 1. The van der Waals surface area contributed by atoms with Gasteiger partial charge < -0.3 is 5.32 Å². The van der Waals surface area contributed by atoms with E-state index < -0.39 is 9.84 Å². The van der Waals surface area contributed by atoms with Crippen LogP contribution in [-0.4, -0.2) is 40.6 Å². The summed E-state index contributed by atoms with van der Waals surface area (Å²) in [4.78, 5) is 16.6. The van der Waals surface area contributed by atoms with Crippen LogP contribution in [0.25, 0.3) is 0 Å². The summed E-state index contributed by atoms with van der Waals surface area (Å²) in [7, 11) is -2.99. The molecule has 1 saturated heterocycles. The number of nitrogens with zero attached hydrogens (tertiary/aromatic N) is 3. The van der Waals surface area contributed by atoms with Gasteiger partial charge in [-0.2, -0.15) is 5.10 Å². The Morgan fingerprint density at radius 3 is 2.76 bits per heavy atom. The maximum atomic E-state index is 12.4. The molecule has 1 N–H and O–H groups in total. The highest BCUT2D eigenvalue weighted by Gasteiger charge is 2.36. The van der Waals surface area contributed by atoms with Crippen LogP contribution in [-0.2, 0) is 16.4 Å². The molecule has 4 rings (SSSR count). The van der Waals surface area contributed by atoms with Crippen molar-refractivity contribution < 1.29 is 13.2 Å². The predicted octanol–water partition coefficient (Wildman–Crippen LogP) is 1.45. The molecular weight excluding hydrogens is 340 g/mol. The molecule has 2 fully saturated rings. The molecular formula is C17H20N4O3S. The molecule has 0 spiro atoms. The Labute approximate surface area is 146 Å². The third kappa shape index (κ3) is 3.58. The summed E-state index contributed by atoms with van der Waals surface area (Å²) in [5.74, 6) is 0.451. The number of aromatic nitrogens is 3. The Morgan fingerprint density at radius 2 is 2.12 bits per heavy atom. The first-order valence-electron chi connectivity index (χ1n) is 8.50. The van der Waals surface area contributed by atoms with Gasteiger partial charge in [0.1, 0.15) is 5.69 Å². The number of pyridine rings is 1. The van der Waals surface area contributed by atoms with Gasteiger partial charge >= 0.3 is 0 Å². The van der Waals surface area contributed by atoms with E-state index in [1.165, 1.54) is 0 Å². The first kappa shape index (κ1) is 16.3. The van der Waals surface area contributed by atoms with Crippen molar-refractivity contribution in [3.05, 3.63) is 47.5 Å². The number of sulfone groups is 1. The summed E-state index contributed by atoms with van der Waals surface area (Å²) < 4.78 is 25.4. The second kappa shape index (κ2) is 6.25. The highest BCUT2D eigenvalue weighted by atomic mass is 32.2. The van der Waals surface area contributed by atoms with Gasteiger partial charge in [0.15, 0.2) is 9.84 Å². The molecule has 1 amide bonds. The number of hydrogen-bond acceptors (Lipinski definition) is 5. The average Bonchev–Trinajstić information content (AvgIpc) is 3.25. The van der Waals surface area contributed by atoms with Gasteiger partial charge in [-0.3, -0.25) is 14.5 Å². The van der Waals surface area contributed by atoms with Crippen LogP contribution < -0.4 is 5.32 Å². The van der Waals surface area contributed by atoms with Crippen LogP contribution in [0.2, 0.25) is 0 Å². The summed E-state index contributed by atoms with van der Waals surface area (Å²) in [5, 5.41) is 7.28. The lowest BCUT2D eigenvalue weighted by molar-refractivity contribution is 0.0944. The minimum absolute atomic E-state index is 0.114. The molecule has 1 aliphatic carbocycles. The fourth-order valence-electron chi connectivity index (χ4n) is 3.23. The second-order valence-corrected chi connectivity index (χ2v) is 8.96. The molecule has 8 heteroatoms. The predicted molar refractivity (Wildman–Crippen MR) is 91.9 cm³/mol. The van der Waals surface area contributed by atoms with E-state index in [2.05, 4.69) is 15.4 Å². The number of hydrogen-bond donors (Lipinski definition) is 1.